The third kappa shape index (κ3) is 6.13. The summed E-state index contributed by atoms with van der Waals surface area (Å²) in [6, 6.07) is 13.8. The molecule has 1 saturated heterocycles. The van der Waals surface area contributed by atoms with Gasteiger partial charge in [-0.3, -0.25) is 9.80 Å². The maximum absolute atomic E-state index is 14.0. The number of carboxylic acids is 1. The highest BCUT2D eigenvalue weighted by molar-refractivity contribution is 6.33. The van der Waals surface area contributed by atoms with Crippen LogP contribution in [0.4, 0.5) is 19.3 Å². The second-order valence-corrected chi connectivity index (χ2v) is 11.7. The van der Waals surface area contributed by atoms with Crippen LogP contribution in [-0.4, -0.2) is 46.8 Å². The molecule has 1 aliphatic heterocycles. The number of rotatable bonds is 8. The summed E-state index contributed by atoms with van der Waals surface area (Å²) in [5, 5.41) is 19.5. The lowest BCUT2D eigenvalue weighted by atomic mass is 9.79. The highest BCUT2D eigenvalue weighted by Crippen LogP contribution is 2.47. The number of amides is 1. The largest absolute Gasteiger partial charge is 0.478 e. The minimum atomic E-state index is -1.07. The highest BCUT2D eigenvalue weighted by Gasteiger charge is 2.34. The van der Waals surface area contributed by atoms with Crippen LogP contribution in [0.5, 0.6) is 0 Å². The van der Waals surface area contributed by atoms with E-state index in [4.69, 9.17) is 16.7 Å². The van der Waals surface area contributed by atoms with E-state index >= 15 is 0 Å². The Morgan fingerprint density at radius 3 is 2.25 bits per heavy atom. The van der Waals surface area contributed by atoms with Crippen molar-refractivity contribution in [3.63, 3.8) is 0 Å². The first-order valence-corrected chi connectivity index (χ1v) is 13.7. The lowest BCUT2D eigenvalue weighted by molar-refractivity contribution is 0.0697. The molecule has 3 aromatic rings. The van der Waals surface area contributed by atoms with Crippen molar-refractivity contribution in [3.8, 4) is 11.1 Å². The average molecular weight is 569 g/mol. The van der Waals surface area contributed by atoms with Gasteiger partial charge in [0.05, 0.1) is 5.56 Å². The third-order valence-corrected chi connectivity index (χ3v) is 8.37. The molecule has 1 aliphatic carbocycles. The molecule has 40 heavy (non-hydrogen) atoms. The van der Waals surface area contributed by atoms with Crippen molar-refractivity contribution in [1.82, 2.24) is 4.90 Å². The van der Waals surface area contributed by atoms with Crippen LogP contribution >= 0.6 is 11.6 Å². The summed E-state index contributed by atoms with van der Waals surface area (Å²) < 4.78 is 27.5. The molecule has 2 aliphatic rings. The maximum Gasteiger partial charge on any atom is 0.411 e. The number of piperidine rings is 1. The fourth-order valence-corrected chi connectivity index (χ4v) is 5.91. The van der Waals surface area contributed by atoms with Gasteiger partial charge in [-0.2, -0.15) is 0 Å². The van der Waals surface area contributed by atoms with Gasteiger partial charge in [-0.1, -0.05) is 30.7 Å². The zero-order valence-electron chi connectivity index (χ0n) is 22.2. The molecule has 6 nitrogen and oxygen atoms in total. The van der Waals surface area contributed by atoms with E-state index in [1.807, 2.05) is 6.07 Å². The van der Waals surface area contributed by atoms with Gasteiger partial charge in [0, 0.05) is 29.4 Å². The number of nitrogens with zero attached hydrogens (tertiary/aromatic N) is 2. The van der Waals surface area contributed by atoms with Gasteiger partial charge < -0.3 is 10.2 Å². The number of carboxylic acid groups (broad SMARTS) is 2. The van der Waals surface area contributed by atoms with Gasteiger partial charge >= 0.3 is 12.1 Å². The second kappa shape index (κ2) is 11.2. The molecule has 2 N–H and O–H groups in total. The zero-order valence-corrected chi connectivity index (χ0v) is 22.9. The molecule has 1 saturated carbocycles. The summed E-state index contributed by atoms with van der Waals surface area (Å²) in [5.74, 6) is -2.48. The molecule has 0 spiro atoms. The van der Waals surface area contributed by atoms with Crippen LogP contribution < -0.4 is 4.90 Å². The molecular weight excluding hydrogens is 538 g/mol. The molecule has 0 radical (unpaired) electrons. The first-order valence-electron chi connectivity index (χ1n) is 13.4. The minimum absolute atomic E-state index is 0.108. The van der Waals surface area contributed by atoms with Gasteiger partial charge in [0.2, 0.25) is 0 Å². The molecule has 3 aromatic carbocycles. The number of aromatic carboxylic acids is 1. The lowest BCUT2D eigenvalue weighted by Gasteiger charge is -2.41. The summed E-state index contributed by atoms with van der Waals surface area (Å²) in [4.78, 5) is 26.9. The van der Waals surface area contributed by atoms with Gasteiger partial charge in [0.25, 0.3) is 0 Å². The van der Waals surface area contributed by atoms with Gasteiger partial charge in [-0.15, -0.1) is 0 Å². The van der Waals surface area contributed by atoms with E-state index in [0.717, 1.165) is 61.5 Å². The lowest BCUT2D eigenvalue weighted by Crippen LogP contribution is -2.46. The Balaban J connectivity index is 1.27. The van der Waals surface area contributed by atoms with Crippen molar-refractivity contribution in [1.29, 1.82) is 0 Å². The van der Waals surface area contributed by atoms with Crippen LogP contribution in [0.1, 0.15) is 60.0 Å². The Labute approximate surface area is 236 Å². The molecule has 1 heterocycles. The third-order valence-electron chi connectivity index (χ3n) is 8.07. The molecule has 0 unspecified atom stereocenters. The summed E-state index contributed by atoms with van der Waals surface area (Å²) in [6.45, 7) is 4.65. The average Bonchev–Trinajstić information content (AvgIpc) is 3.76. The number of hydrogen-bond donors (Lipinski definition) is 2. The van der Waals surface area contributed by atoms with E-state index in [1.165, 1.54) is 35.2 Å². The quantitative estimate of drug-likeness (QED) is 0.292. The molecule has 9 heteroatoms. The molecule has 0 bridgehead atoms. The van der Waals surface area contributed by atoms with Gasteiger partial charge in [-0.05, 0) is 109 Å². The Morgan fingerprint density at radius 1 is 1.00 bits per heavy atom. The molecule has 0 atom stereocenters. The predicted molar refractivity (Wildman–Crippen MR) is 150 cm³/mol. The zero-order chi connectivity index (χ0) is 28.6. The van der Waals surface area contributed by atoms with E-state index in [1.54, 1.807) is 6.07 Å². The van der Waals surface area contributed by atoms with E-state index in [9.17, 15) is 23.5 Å². The standard InChI is InChI=1S/C31H31ClF2N2O4/c1-31(18-36(30(39)40)23-7-4-21(5-8-23)29(37)38)10-12-35(13-11-31)17-19-14-24(20-2-3-20)28(25(32)15-19)22-6-9-26(33)27(34)16-22/h4-9,14-16,20H,2-3,10-13,17-18H2,1H3,(H,37,38)(H,39,40). The first kappa shape index (κ1) is 28.1. The van der Waals surface area contributed by atoms with E-state index in [2.05, 4.69) is 17.9 Å². The Hall–Kier alpha value is -3.49. The van der Waals surface area contributed by atoms with Crippen molar-refractivity contribution in [3.05, 3.63) is 87.9 Å². The normalized spacial score (nSPS) is 17.0. The van der Waals surface area contributed by atoms with Crippen molar-refractivity contribution in [2.45, 2.75) is 45.1 Å². The molecule has 2 fully saturated rings. The van der Waals surface area contributed by atoms with Crippen LogP contribution in [0.15, 0.2) is 54.6 Å². The van der Waals surface area contributed by atoms with Crippen LogP contribution in [0.3, 0.4) is 0 Å². The molecule has 1 amide bonds. The number of anilines is 1. The monoisotopic (exact) mass is 568 g/mol. The van der Waals surface area contributed by atoms with Gasteiger partial charge in [0.15, 0.2) is 11.6 Å². The van der Waals surface area contributed by atoms with Crippen molar-refractivity contribution in [2.75, 3.05) is 24.5 Å². The fraction of sp³-hybridized carbons (Fsp3) is 0.355. The molecular formula is C31H31ClF2N2O4. The number of carbonyl (C=O) groups is 2. The van der Waals surface area contributed by atoms with Crippen LogP contribution in [0.25, 0.3) is 11.1 Å². The minimum Gasteiger partial charge on any atom is -0.478 e. The smallest absolute Gasteiger partial charge is 0.411 e. The Kier molecular flexibility index (Phi) is 7.84. The molecule has 0 aromatic heterocycles. The maximum atomic E-state index is 14.0. The number of benzene rings is 3. The molecule has 210 valence electrons. The van der Waals surface area contributed by atoms with Crippen molar-refractivity contribution in [2.24, 2.45) is 5.41 Å². The highest BCUT2D eigenvalue weighted by atomic mass is 35.5. The van der Waals surface area contributed by atoms with Crippen LogP contribution in [-0.2, 0) is 6.54 Å². The van der Waals surface area contributed by atoms with E-state index in [0.29, 0.717) is 35.3 Å². The summed E-state index contributed by atoms with van der Waals surface area (Å²) in [6.07, 6.45) is 2.59. The Morgan fingerprint density at radius 2 is 1.68 bits per heavy atom. The molecule has 5 rings (SSSR count). The summed E-state index contributed by atoms with van der Waals surface area (Å²) in [5.41, 5.74) is 3.79. The number of hydrogen-bond acceptors (Lipinski definition) is 3. The van der Waals surface area contributed by atoms with Crippen LogP contribution in [0.2, 0.25) is 5.02 Å². The number of likely N-dealkylation sites (tertiary alicyclic amines) is 1. The number of halogens is 3. The fourth-order valence-electron chi connectivity index (χ4n) is 5.55. The van der Waals surface area contributed by atoms with Crippen molar-refractivity contribution >= 4 is 29.4 Å². The van der Waals surface area contributed by atoms with Gasteiger partial charge in [-0.25, -0.2) is 18.4 Å². The SMILES string of the molecule is CC1(CN(C(=O)O)c2ccc(C(=O)O)cc2)CCN(Cc2cc(Cl)c(-c3ccc(F)c(F)c3)c(C3CC3)c2)CC1. The second-order valence-electron chi connectivity index (χ2n) is 11.3. The van der Waals surface area contributed by atoms with E-state index in [-0.39, 0.29) is 11.0 Å². The van der Waals surface area contributed by atoms with E-state index < -0.39 is 23.7 Å². The summed E-state index contributed by atoms with van der Waals surface area (Å²) >= 11 is 6.74. The van der Waals surface area contributed by atoms with Crippen molar-refractivity contribution < 1.29 is 28.6 Å². The Bertz CT molecular complexity index is 1430. The van der Waals surface area contributed by atoms with Gasteiger partial charge in [0.1, 0.15) is 0 Å². The van der Waals surface area contributed by atoms with Crippen LogP contribution in [0, 0.1) is 17.0 Å². The first-order chi connectivity index (χ1) is 19.0. The summed E-state index contributed by atoms with van der Waals surface area (Å²) in [7, 11) is 0. The topological polar surface area (TPSA) is 81.1 Å². The predicted octanol–water partition coefficient (Wildman–Crippen LogP) is 7.65.